The van der Waals surface area contributed by atoms with Crippen LogP contribution in [0.4, 0.5) is 0 Å². The van der Waals surface area contributed by atoms with Crippen LogP contribution in [-0.2, 0) is 13.2 Å². The van der Waals surface area contributed by atoms with Crippen molar-refractivity contribution in [3.05, 3.63) is 119 Å². The Balaban J connectivity index is 1.47. The van der Waals surface area contributed by atoms with Gasteiger partial charge in [0.05, 0.1) is 17.1 Å². The number of allylic oxidation sites excluding steroid dienone is 1. The normalized spacial score (nSPS) is 14.4. The Bertz CT molecular complexity index is 1530. The van der Waals surface area contributed by atoms with Gasteiger partial charge in [-0.15, -0.1) is 11.8 Å². The van der Waals surface area contributed by atoms with E-state index in [0.717, 1.165) is 39.7 Å². The first-order valence-corrected chi connectivity index (χ1v) is 12.4. The minimum Gasteiger partial charge on any atom is -0.486 e. The second-order valence-electron chi connectivity index (χ2n) is 8.41. The predicted molar refractivity (Wildman–Crippen MR) is 145 cm³/mol. The highest BCUT2D eigenvalue weighted by Gasteiger charge is 2.19. The summed E-state index contributed by atoms with van der Waals surface area (Å²) >= 11 is 1.76. The van der Waals surface area contributed by atoms with E-state index in [-0.39, 0.29) is 0 Å². The van der Waals surface area contributed by atoms with Crippen LogP contribution in [0, 0.1) is 0 Å². The summed E-state index contributed by atoms with van der Waals surface area (Å²) < 4.78 is 8.89. The molecule has 0 aliphatic carbocycles. The molecule has 5 aromatic rings. The number of benzene rings is 4. The number of rotatable bonds is 6. The molecule has 0 atom stereocenters. The molecule has 0 radical (unpaired) electrons. The molecule has 0 spiro atoms. The van der Waals surface area contributed by atoms with Crippen LogP contribution < -0.4 is 4.74 Å². The van der Waals surface area contributed by atoms with Gasteiger partial charge in [-0.05, 0) is 46.2 Å². The van der Waals surface area contributed by atoms with Crippen molar-refractivity contribution in [2.45, 2.75) is 13.2 Å². The molecule has 0 saturated heterocycles. The molecule has 0 fully saturated rings. The van der Waals surface area contributed by atoms with Gasteiger partial charge in [0.25, 0.3) is 0 Å². The highest BCUT2D eigenvalue weighted by molar-refractivity contribution is 8.04. The summed E-state index contributed by atoms with van der Waals surface area (Å²) in [6.45, 7) is 1.29. The molecule has 2 heterocycles. The number of fused-ring (bicyclic) bond motifs is 2. The zero-order chi connectivity index (χ0) is 22.7. The van der Waals surface area contributed by atoms with Crippen LogP contribution in [0.5, 0.6) is 5.75 Å². The first-order chi connectivity index (χ1) is 16.8. The van der Waals surface area contributed by atoms with Crippen LogP contribution in [-0.4, -0.2) is 16.7 Å². The van der Waals surface area contributed by atoms with Crippen LogP contribution >= 0.6 is 11.8 Å². The fourth-order valence-electron chi connectivity index (χ4n) is 4.50. The van der Waals surface area contributed by atoms with E-state index in [1.807, 2.05) is 12.3 Å². The third kappa shape index (κ3) is 4.13. The van der Waals surface area contributed by atoms with Gasteiger partial charge in [-0.3, -0.25) is 4.99 Å². The average molecular weight is 461 g/mol. The molecule has 4 aromatic carbocycles. The standard InChI is InChI=1S/C30H24N2OS/c1-2-8-22(9-3-1)20-33-30-27-12-6-7-13-28(27)32(29(30)17-26-18-31-21-34-26)19-23-14-15-24-10-4-5-11-25(24)16-23/h1-18H,19-21H2/b26-17+. The molecule has 0 N–H and O–H groups in total. The first-order valence-electron chi connectivity index (χ1n) is 11.5. The second kappa shape index (κ2) is 9.24. The van der Waals surface area contributed by atoms with E-state index in [2.05, 4.69) is 107 Å². The van der Waals surface area contributed by atoms with Gasteiger partial charge in [0, 0.05) is 23.1 Å². The molecular weight excluding hydrogens is 436 g/mol. The average Bonchev–Trinajstić information content (AvgIpc) is 3.50. The zero-order valence-corrected chi connectivity index (χ0v) is 19.5. The van der Waals surface area contributed by atoms with Crippen LogP contribution in [0.3, 0.4) is 0 Å². The van der Waals surface area contributed by atoms with E-state index in [1.165, 1.54) is 21.9 Å². The molecule has 3 nitrogen and oxygen atoms in total. The van der Waals surface area contributed by atoms with Gasteiger partial charge in [-0.1, -0.05) is 78.9 Å². The number of nitrogens with zero attached hydrogens (tertiary/aromatic N) is 2. The lowest BCUT2D eigenvalue weighted by Gasteiger charge is -2.12. The van der Waals surface area contributed by atoms with Crippen LogP contribution in [0.25, 0.3) is 27.8 Å². The SMILES string of the molecule is C1=NCS/C1=C/c1c(OCc2ccccc2)c2ccccc2n1Cc1ccc2ccccc2c1. The van der Waals surface area contributed by atoms with Crippen molar-refractivity contribution < 1.29 is 4.74 Å². The Hall–Kier alpha value is -3.76. The summed E-state index contributed by atoms with van der Waals surface area (Å²) in [5.41, 5.74) is 4.68. The molecule has 1 aliphatic heterocycles. The molecule has 4 heteroatoms. The Morgan fingerprint density at radius 1 is 0.824 bits per heavy atom. The van der Waals surface area contributed by atoms with Gasteiger partial charge < -0.3 is 9.30 Å². The molecule has 6 rings (SSSR count). The number of para-hydroxylation sites is 1. The lowest BCUT2D eigenvalue weighted by Crippen LogP contribution is -2.03. The van der Waals surface area contributed by atoms with Crippen molar-refractivity contribution >= 4 is 45.7 Å². The van der Waals surface area contributed by atoms with E-state index in [4.69, 9.17) is 4.74 Å². The van der Waals surface area contributed by atoms with Gasteiger partial charge in [-0.2, -0.15) is 0 Å². The van der Waals surface area contributed by atoms with E-state index >= 15 is 0 Å². The quantitative estimate of drug-likeness (QED) is 0.262. The summed E-state index contributed by atoms with van der Waals surface area (Å²) in [6, 6.07) is 34.1. The largest absolute Gasteiger partial charge is 0.486 e. The summed E-state index contributed by atoms with van der Waals surface area (Å²) in [5, 5.41) is 3.65. The van der Waals surface area contributed by atoms with Crippen molar-refractivity contribution in [2.24, 2.45) is 4.99 Å². The molecule has 34 heavy (non-hydrogen) atoms. The molecule has 0 bridgehead atoms. The lowest BCUT2D eigenvalue weighted by atomic mass is 10.1. The van der Waals surface area contributed by atoms with Crippen LogP contribution in [0.15, 0.2) is 107 Å². The summed E-state index contributed by atoms with van der Waals surface area (Å²) in [4.78, 5) is 5.56. The van der Waals surface area contributed by atoms with Crippen LogP contribution in [0.2, 0.25) is 0 Å². The minimum atomic E-state index is 0.530. The lowest BCUT2D eigenvalue weighted by molar-refractivity contribution is 0.308. The Morgan fingerprint density at radius 3 is 2.47 bits per heavy atom. The monoisotopic (exact) mass is 460 g/mol. The van der Waals surface area contributed by atoms with Crippen molar-refractivity contribution in [3.8, 4) is 5.75 Å². The van der Waals surface area contributed by atoms with Gasteiger partial charge in [-0.25, -0.2) is 0 Å². The third-order valence-corrected chi connectivity index (χ3v) is 6.98. The Morgan fingerprint density at radius 2 is 1.62 bits per heavy atom. The maximum absolute atomic E-state index is 6.52. The predicted octanol–water partition coefficient (Wildman–Crippen LogP) is 7.54. The molecule has 166 valence electrons. The van der Waals surface area contributed by atoms with Crippen molar-refractivity contribution in [1.82, 2.24) is 4.57 Å². The highest BCUT2D eigenvalue weighted by atomic mass is 32.2. The van der Waals surface area contributed by atoms with Gasteiger partial charge in [0.1, 0.15) is 6.61 Å². The van der Waals surface area contributed by atoms with Crippen molar-refractivity contribution in [2.75, 3.05) is 5.88 Å². The molecule has 1 aliphatic rings. The number of aromatic nitrogens is 1. The van der Waals surface area contributed by atoms with E-state index in [9.17, 15) is 0 Å². The summed E-state index contributed by atoms with van der Waals surface area (Å²) in [5.74, 6) is 1.70. The molecule has 0 saturated carbocycles. The number of hydrogen-bond donors (Lipinski definition) is 0. The Labute approximate surface area is 203 Å². The topological polar surface area (TPSA) is 26.5 Å². The summed E-state index contributed by atoms with van der Waals surface area (Å²) in [6.07, 6.45) is 4.19. The zero-order valence-electron chi connectivity index (χ0n) is 18.7. The summed E-state index contributed by atoms with van der Waals surface area (Å²) in [7, 11) is 0. The maximum Gasteiger partial charge on any atom is 0.152 e. The van der Waals surface area contributed by atoms with Crippen LogP contribution in [0.1, 0.15) is 16.8 Å². The van der Waals surface area contributed by atoms with Crippen molar-refractivity contribution in [3.63, 3.8) is 0 Å². The minimum absolute atomic E-state index is 0.530. The fourth-order valence-corrected chi connectivity index (χ4v) is 5.14. The Kier molecular flexibility index (Phi) is 5.66. The third-order valence-electron chi connectivity index (χ3n) is 6.15. The van der Waals surface area contributed by atoms with E-state index < -0.39 is 0 Å². The van der Waals surface area contributed by atoms with Gasteiger partial charge in [0.2, 0.25) is 0 Å². The second-order valence-corrected chi connectivity index (χ2v) is 9.42. The molecule has 0 unspecified atom stereocenters. The fraction of sp³-hybridized carbons (Fsp3) is 0.100. The number of hydrogen-bond acceptors (Lipinski definition) is 3. The first kappa shape index (κ1) is 20.8. The maximum atomic E-state index is 6.52. The molecule has 1 aromatic heterocycles. The number of aliphatic imine (C=N–C) groups is 1. The number of ether oxygens (including phenoxy) is 1. The van der Waals surface area contributed by atoms with Gasteiger partial charge >= 0.3 is 0 Å². The number of thioether (sulfide) groups is 1. The van der Waals surface area contributed by atoms with Gasteiger partial charge in [0.15, 0.2) is 5.75 Å². The molecular formula is C30H24N2OS. The van der Waals surface area contributed by atoms with E-state index in [0.29, 0.717) is 6.61 Å². The highest BCUT2D eigenvalue weighted by Crippen LogP contribution is 2.37. The van der Waals surface area contributed by atoms with E-state index in [1.54, 1.807) is 11.8 Å². The van der Waals surface area contributed by atoms with Crippen molar-refractivity contribution in [1.29, 1.82) is 0 Å². The molecule has 0 amide bonds. The smallest absolute Gasteiger partial charge is 0.152 e.